The summed E-state index contributed by atoms with van der Waals surface area (Å²) in [6.07, 6.45) is 2.83. The van der Waals surface area contributed by atoms with Crippen LogP contribution in [0.4, 0.5) is 0 Å². The molecule has 1 aromatic rings. The van der Waals surface area contributed by atoms with Crippen molar-refractivity contribution in [3.63, 3.8) is 0 Å². The van der Waals surface area contributed by atoms with Crippen LogP contribution in [-0.2, 0) is 30.4 Å². The van der Waals surface area contributed by atoms with E-state index < -0.39 is 60.2 Å². The van der Waals surface area contributed by atoms with E-state index >= 15 is 0 Å². The molecule has 0 fully saturated rings. The van der Waals surface area contributed by atoms with Crippen LogP contribution in [0.25, 0.3) is 0 Å². The number of aromatic amines is 1. The summed E-state index contributed by atoms with van der Waals surface area (Å²) in [5.74, 6) is -4.81. The number of nitrogens with one attached hydrogen (secondary N) is 4. The monoisotopic (exact) mass is 481 g/mol. The summed E-state index contributed by atoms with van der Waals surface area (Å²) in [4.78, 5) is 67.7. The number of imidazole rings is 1. The van der Waals surface area contributed by atoms with E-state index in [4.69, 9.17) is 11.5 Å². The van der Waals surface area contributed by atoms with Crippen molar-refractivity contribution in [2.45, 2.75) is 71.1 Å². The van der Waals surface area contributed by atoms with Gasteiger partial charge in [-0.05, 0) is 11.8 Å². The zero-order valence-corrected chi connectivity index (χ0v) is 19.8. The summed E-state index contributed by atoms with van der Waals surface area (Å²) < 4.78 is 0. The van der Waals surface area contributed by atoms with Crippen LogP contribution < -0.4 is 27.4 Å². The Bertz CT molecular complexity index is 858. The summed E-state index contributed by atoms with van der Waals surface area (Å²) >= 11 is 0. The van der Waals surface area contributed by atoms with E-state index in [2.05, 4.69) is 25.9 Å². The first-order valence-corrected chi connectivity index (χ1v) is 11.0. The highest BCUT2D eigenvalue weighted by Gasteiger charge is 2.33. The molecule has 0 saturated heterocycles. The highest BCUT2D eigenvalue weighted by Crippen LogP contribution is 2.09. The summed E-state index contributed by atoms with van der Waals surface area (Å²) in [7, 11) is 0. The Morgan fingerprint density at radius 1 is 1.03 bits per heavy atom. The number of hydrogen-bond acceptors (Lipinski definition) is 7. The fraction of sp³-hybridized carbons (Fsp3) is 0.619. The quantitative estimate of drug-likeness (QED) is 0.163. The van der Waals surface area contributed by atoms with Gasteiger partial charge in [0.1, 0.15) is 18.1 Å². The average Bonchev–Trinajstić information content (AvgIpc) is 3.27. The minimum absolute atomic E-state index is 0.0500. The average molecular weight is 482 g/mol. The second-order valence-corrected chi connectivity index (χ2v) is 8.55. The van der Waals surface area contributed by atoms with Gasteiger partial charge in [0.2, 0.25) is 23.6 Å². The first-order valence-electron chi connectivity index (χ1n) is 11.0. The standard InChI is InChI=1S/C21H35N7O6/c1-5-11(4)16(23)19(31)28-17(10(2)3)20(32)26-13(6-12-8-24-9-25-12)18(30)27-14(21(33)34)7-15(22)29/h8-11,13-14,16-17H,5-7,23H2,1-4H3,(H2,22,29)(H,24,25)(H,26,32)(H,27,30)(H,28,31)(H,33,34). The Hall–Kier alpha value is -3.48. The van der Waals surface area contributed by atoms with E-state index in [9.17, 15) is 29.1 Å². The number of aliphatic carboxylic acids is 1. The van der Waals surface area contributed by atoms with Crippen molar-refractivity contribution < 1.29 is 29.1 Å². The number of carboxylic acid groups (broad SMARTS) is 1. The van der Waals surface area contributed by atoms with Crippen molar-refractivity contribution in [2.24, 2.45) is 23.3 Å². The van der Waals surface area contributed by atoms with Crippen molar-refractivity contribution in [1.29, 1.82) is 0 Å². The first kappa shape index (κ1) is 28.6. The van der Waals surface area contributed by atoms with Gasteiger partial charge in [0.25, 0.3) is 0 Å². The SMILES string of the molecule is CCC(C)C(N)C(=O)NC(C(=O)NC(Cc1cnc[nH]1)C(=O)NC(CC(N)=O)C(=O)O)C(C)C. The lowest BCUT2D eigenvalue weighted by Gasteiger charge is -2.27. The second-order valence-electron chi connectivity index (χ2n) is 8.55. The van der Waals surface area contributed by atoms with Crippen molar-refractivity contribution in [2.75, 3.05) is 0 Å². The fourth-order valence-electron chi connectivity index (χ4n) is 3.06. The molecule has 0 aliphatic heterocycles. The van der Waals surface area contributed by atoms with E-state index in [1.165, 1.54) is 12.5 Å². The predicted molar refractivity (Wildman–Crippen MR) is 122 cm³/mol. The summed E-state index contributed by atoms with van der Waals surface area (Å²) in [6.45, 7) is 7.16. The molecule has 0 radical (unpaired) electrons. The number of aromatic nitrogens is 2. The summed E-state index contributed by atoms with van der Waals surface area (Å²) in [5.41, 5.74) is 11.5. The fourth-order valence-corrected chi connectivity index (χ4v) is 3.06. The maximum atomic E-state index is 13.1. The molecule has 0 spiro atoms. The third kappa shape index (κ3) is 8.81. The zero-order valence-electron chi connectivity index (χ0n) is 19.8. The van der Waals surface area contributed by atoms with Crippen molar-refractivity contribution in [3.8, 4) is 0 Å². The molecule has 0 bridgehead atoms. The third-order valence-electron chi connectivity index (χ3n) is 5.44. The minimum Gasteiger partial charge on any atom is -0.480 e. The lowest BCUT2D eigenvalue weighted by Crippen LogP contribution is -2.59. The Balaban J connectivity index is 3.06. The molecular formula is C21H35N7O6. The van der Waals surface area contributed by atoms with Crippen LogP contribution in [0.15, 0.2) is 12.5 Å². The smallest absolute Gasteiger partial charge is 0.326 e. The molecule has 13 heteroatoms. The number of amides is 4. The van der Waals surface area contributed by atoms with Crippen LogP contribution in [0.5, 0.6) is 0 Å². The van der Waals surface area contributed by atoms with E-state index in [1.807, 2.05) is 13.8 Å². The summed E-state index contributed by atoms with van der Waals surface area (Å²) in [5, 5.41) is 16.7. The number of nitrogens with zero attached hydrogens (tertiary/aromatic N) is 1. The molecule has 0 aromatic carbocycles. The van der Waals surface area contributed by atoms with Crippen LogP contribution in [0, 0.1) is 11.8 Å². The maximum Gasteiger partial charge on any atom is 0.326 e. The van der Waals surface area contributed by atoms with Gasteiger partial charge in [0.05, 0.1) is 18.8 Å². The molecule has 1 aromatic heterocycles. The number of primary amides is 1. The normalized spacial score (nSPS) is 15.5. The predicted octanol–water partition coefficient (Wildman–Crippen LogP) is -1.60. The maximum absolute atomic E-state index is 13.1. The van der Waals surface area contributed by atoms with E-state index in [-0.39, 0.29) is 18.3 Å². The molecule has 1 rings (SSSR count). The van der Waals surface area contributed by atoms with E-state index in [0.717, 1.165) is 0 Å². The second kappa shape index (κ2) is 13.3. The summed E-state index contributed by atoms with van der Waals surface area (Å²) in [6, 6.07) is -4.61. The Morgan fingerprint density at radius 2 is 1.65 bits per heavy atom. The van der Waals surface area contributed by atoms with Crippen LogP contribution in [0.2, 0.25) is 0 Å². The van der Waals surface area contributed by atoms with E-state index in [1.54, 1.807) is 13.8 Å². The van der Waals surface area contributed by atoms with Gasteiger partial charge in [-0.1, -0.05) is 34.1 Å². The first-order chi connectivity index (χ1) is 15.9. The van der Waals surface area contributed by atoms with Crippen molar-refractivity contribution in [3.05, 3.63) is 18.2 Å². The van der Waals surface area contributed by atoms with Gasteiger partial charge in [-0.15, -0.1) is 0 Å². The third-order valence-corrected chi connectivity index (χ3v) is 5.44. The molecule has 5 unspecified atom stereocenters. The van der Waals surface area contributed by atoms with Gasteiger partial charge in [0, 0.05) is 18.3 Å². The number of rotatable bonds is 14. The number of nitrogens with two attached hydrogens (primary N) is 2. The topological polar surface area (TPSA) is 222 Å². The van der Waals surface area contributed by atoms with Gasteiger partial charge >= 0.3 is 5.97 Å². The van der Waals surface area contributed by atoms with E-state index in [0.29, 0.717) is 12.1 Å². The molecule has 0 aliphatic carbocycles. The lowest BCUT2D eigenvalue weighted by molar-refractivity contribution is -0.143. The molecule has 13 nitrogen and oxygen atoms in total. The van der Waals surface area contributed by atoms with Gasteiger partial charge in [-0.25, -0.2) is 9.78 Å². The lowest BCUT2D eigenvalue weighted by atomic mass is 9.97. The molecule has 0 aliphatic rings. The van der Waals surface area contributed by atoms with Gasteiger partial charge in [-0.3, -0.25) is 19.2 Å². The number of carboxylic acids is 1. The molecule has 5 atom stereocenters. The number of carbonyl (C=O) groups is 5. The number of carbonyl (C=O) groups excluding carboxylic acids is 4. The molecular weight excluding hydrogens is 446 g/mol. The van der Waals surface area contributed by atoms with Crippen LogP contribution in [-0.4, -0.2) is 68.8 Å². The molecule has 0 saturated carbocycles. The number of H-pyrrole nitrogens is 1. The van der Waals surface area contributed by atoms with Gasteiger partial charge in [0.15, 0.2) is 0 Å². The highest BCUT2D eigenvalue weighted by molar-refractivity contribution is 5.95. The largest absolute Gasteiger partial charge is 0.480 e. The van der Waals surface area contributed by atoms with Gasteiger partial charge < -0.3 is 37.5 Å². The van der Waals surface area contributed by atoms with Crippen molar-refractivity contribution >= 4 is 29.6 Å². The number of hydrogen-bond donors (Lipinski definition) is 7. The highest BCUT2D eigenvalue weighted by atomic mass is 16.4. The minimum atomic E-state index is -1.57. The van der Waals surface area contributed by atoms with Crippen LogP contribution in [0.3, 0.4) is 0 Å². The zero-order chi connectivity index (χ0) is 26.0. The van der Waals surface area contributed by atoms with Crippen LogP contribution >= 0.6 is 0 Å². The Morgan fingerprint density at radius 3 is 2.12 bits per heavy atom. The van der Waals surface area contributed by atoms with Crippen molar-refractivity contribution in [1.82, 2.24) is 25.9 Å². The Labute approximate surface area is 197 Å². The molecule has 4 amide bonds. The van der Waals surface area contributed by atoms with Crippen LogP contribution in [0.1, 0.15) is 46.2 Å². The Kier molecular flexibility index (Phi) is 11.2. The molecule has 190 valence electrons. The molecule has 34 heavy (non-hydrogen) atoms. The molecule has 9 N–H and O–H groups in total. The van der Waals surface area contributed by atoms with Gasteiger partial charge in [-0.2, -0.15) is 0 Å². The molecule has 1 heterocycles.